The summed E-state index contributed by atoms with van der Waals surface area (Å²) in [7, 11) is 2.23. The van der Waals surface area contributed by atoms with Crippen molar-refractivity contribution in [1.82, 2.24) is 14.9 Å². The van der Waals surface area contributed by atoms with Crippen molar-refractivity contribution < 1.29 is 4.74 Å². The molecule has 17 heavy (non-hydrogen) atoms. The highest BCUT2D eigenvalue weighted by Gasteiger charge is 2.39. The monoisotopic (exact) mass is 297 g/mol. The van der Waals surface area contributed by atoms with Gasteiger partial charge in [-0.15, -0.1) is 0 Å². The van der Waals surface area contributed by atoms with Crippen LogP contribution in [-0.4, -0.2) is 40.1 Å². The van der Waals surface area contributed by atoms with Crippen LogP contribution in [0.25, 0.3) is 0 Å². The van der Waals surface area contributed by atoms with Crippen LogP contribution in [-0.2, 0) is 0 Å². The molecule has 3 rings (SSSR count). The molecule has 0 N–H and O–H groups in total. The number of aromatic nitrogens is 2. The van der Waals surface area contributed by atoms with Gasteiger partial charge in [0.05, 0.1) is 4.47 Å². The molecule has 5 heteroatoms. The molecular weight excluding hydrogens is 282 g/mol. The molecule has 0 aromatic carbocycles. The first-order valence-corrected chi connectivity index (χ1v) is 6.88. The Balaban J connectivity index is 1.65. The molecule has 1 aromatic rings. The van der Waals surface area contributed by atoms with E-state index < -0.39 is 0 Å². The van der Waals surface area contributed by atoms with Crippen molar-refractivity contribution >= 4 is 15.9 Å². The van der Waals surface area contributed by atoms with Crippen LogP contribution >= 0.6 is 15.9 Å². The lowest BCUT2D eigenvalue weighted by molar-refractivity contribution is 0.0600. The predicted molar refractivity (Wildman–Crippen MR) is 68.0 cm³/mol. The number of rotatable bonds is 2. The normalized spacial score (nSPS) is 32.7. The summed E-state index contributed by atoms with van der Waals surface area (Å²) in [4.78, 5) is 10.8. The molecule has 92 valence electrons. The fourth-order valence-electron chi connectivity index (χ4n) is 2.97. The molecule has 3 heterocycles. The van der Waals surface area contributed by atoms with E-state index >= 15 is 0 Å². The summed E-state index contributed by atoms with van der Waals surface area (Å²) in [6, 6.07) is 1.88. The van der Waals surface area contributed by atoms with Crippen molar-refractivity contribution in [2.45, 2.75) is 43.9 Å². The van der Waals surface area contributed by atoms with Crippen molar-refractivity contribution in [3.05, 3.63) is 16.9 Å². The predicted octanol–water partition coefficient (Wildman–Crippen LogP) is 2.24. The van der Waals surface area contributed by atoms with Gasteiger partial charge in [-0.05, 0) is 35.8 Å². The smallest absolute Gasteiger partial charge is 0.316 e. The fraction of sp³-hybridized carbons (Fsp3) is 0.667. The van der Waals surface area contributed by atoms with Crippen molar-refractivity contribution in [3.8, 4) is 6.01 Å². The number of halogens is 1. The van der Waals surface area contributed by atoms with Crippen LogP contribution in [0.2, 0.25) is 0 Å². The highest BCUT2D eigenvalue weighted by molar-refractivity contribution is 9.10. The second kappa shape index (κ2) is 4.53. The second-order valence-electron chi connectivity index (χ2n) is 4.95. The third-order valence-electron chi connectivity index (χ3n) is 3.92. The zero-order valence-electron chi connectivity index (χ0n) is 9.84. The molecule has 0 saturated carbocycles. The van der Waals surface area contributed by atoms with E-state index in [4.69, 9.17) is 4.74 Å². The number of hydrogen-bond donors (Lipinski definition) is 0. The minimum atomic E-state index is 0.282. The Morgan fingerprint density at radius 3 is 2.41 bits per heavy atom. The van der Waals surface area contributed by atoms with Crippen molar-refractivity contribution in [2.75, 3.05) is 7.05 Å². The third-order valence-corrected chi connectivity index (χ3v) is 4.33. The van der Waals surface area contributed by atoms with Gasteiger partial charge in [0.25, 0.3) is 0 Å². The number of nitrogens with zero attached hydrogens (tertiary/aromatic N) is 3. The first-order valence-electron chi connectivity index (χ1n) is 6.08. The summed E-state index contributed by atoms with van der Waals surface area (Å²) in [5.74, 6) is 0. The van der Waals surface area contributed by atoms with E-state index in [-0.39, 0.29) is 6.10 Å². The van der Waals surface area contributed by atoms with E-state index in [0.29, 0.717) is 18.1 Å². The van der Waals surface area contributed by atoms with E-state index in [9.17, 15) is 0 Å². The standard InChI is InChI=1S/C12H16BrN3O/c1-16-9-2-3-10(16)5-11(4-9)17-12-14-6-8(13)7-15-12/h6-7,9-11H,2-5H2,1H3/t9-,10+,11?. The number of fused-ring (bicyclic) bond motifs is 2. The molecule has 2 saturated heterocycles. The maximum Gasteiger partial charge on any atom is 0.316 e. The van der Waals surface area contributed by atoms with Gasteiger partial charge in [0.1, 0.15) is 6.10 Å². The summed E-state index contributed by atoms with van der Waals surface area (Å²) in [6.45, 7) is 0. The van der Waals surface area contributed by atoms with Gasteiger partial charge in [-0.3, -0.25) is 0 Å². The Bertz CT molecular complexity index is 383. The van der Waals surface area contributed by atoms with Crippen LogP contribution in [0.4, 0.5) is 0 Å². The highest BCUT2D eigenvalue weighted by Crippen LogP contribution is 2.35. The van der Waals surface area contributed by atoms with E-state index in [1.165, 1.54) is 12.8 Å². The second-order valence-corrected chi connectivity index (χ2v) is 5.86. The molecule has 4 nitrogen and oxygen atoms in total. The average molecular weight is 298 g/mol. The molecule has 2 bridgehead atoms. The topological polar surface area (TPSA) is 38.2 Å². The van der Waals surface area contributed by atoms with Gasteiger partial charge in [0.15, 0.2) is 0 Å². The summed E-state index contributed by atoms with van der Waals surface area (Å²) in [5, 5.41) is 0. The summed E-state index contributed by atoms with van der Waals surface area (Å²) in [6.07, 6.45) is 8.56. The van der Waals surface area contributed by atoms with Gasteiger partial charge in [-0.25, -0.2) is 9.97 Å². The van der Waals surface area contributed by atoms with Crippen LogP contribution < -0.4 is 4.74 Å². The lowest BCUT2D eigenvalue weighted by Crippen LogP contribution is -2.44. The first kappa shape index (κ1) is 11.4. The average Bonchev–Trinajstić information content (AvgIpc) is 2.55. The van der Waals surface area contributed by atoms with Crippen LogP contribution in [0.15, 0.2) is 16.9 Å². The maximum atomic E-state index is 5.87. The molecule has 3 atom stereocenters. The number of hydrogen-bond acceptors (Lipinski definition) is 4. The largest absolute Gasteiger partial charge is 0.460 e. The Morgan fingerprint density at radius 1 is 1.24 bits per heavy atom. The molecule has 0 aliphatic carbocycles. The fourth-order valence-corrected chi connectivity index (χ4v) is 3.17. The first-order chi connectivity index (χ1) is 8.22. The van der Waals surface area contributed by atoms with Crippen LogP contribution in [0.5, 0.6) is 6.01 Å². The van der Waals surface area contributed by atoms with E-state index in [2.05, 4.69) is 37.8 Å². The maximum absolute atomic E-state index is 5.87. The quantitative estimate of drug-likeness (QED) is 0.839. The molecule has 2 aliphatic rings. The van der Waals surface area contributed by atoms with E-state index in [0.717, 1.165) is 17.3 Å². The lowest BCUT2D eigenvalue weighted by Gasteiger charge is -2.35. The van der Waals surface area contributed by atoms with Gasteiger partial charge in [0, 0.05) is 37.3 Å². The SMILES string of the molecule is CN1[C@@H]2CC[C@H]1CC(Oc1ncc(Br)cn1)C2. The van der Waals surface area contributed by atoms with E-state index in [1.807, 2.05) is 0 Å². The number of piperidine rings is 1. The summed E-state index contributed by atoms with van der Waals surface area (Å²) in [5.41, 5.74) is 0. The van der Waals surface area contributed by atoms with Crippen molar-refractivity contribution in [3.63, 3.8) is 0 Å². The van der Waals surface area contributed by atoms with Gasteiger partial charge in [-0.1, -0.05) is 0 Å². The molecule has 2 fully saturated rings. The van der Waals surface area contributed by atoms with Gasteiger partial charge in [-0.2, -0.15) is 0 Å². The molecule has 0 spiro atoms. The van der Waals surface area contributed by atoms with Crippen molar-refractivity contribution in [1.29, 1.82) is 0 Å². The Morgan fingerprint density at radius 2 is 1.82 bits per heavy atom. The summed E-state index contributed by atoms with van der Waals surface area (Å²) >= 11 is 3.32. The highest BCUT2D eigenvalue weighted by atomic mass is 79.9. The Kier molecular flexibility index (Phi) is 3.04. The van der Waals surface area contributed by atoms with Crippen LogP contribution in [0.3, 0.4) is 0 Å². The van der Waals surface area contributed by atoms with Gasteiger partial charge >= 0.3 is 6.01 Å². The Hall–Kier alpha value is -0.680. The molecule has 2 aliphatic heterocycles. The minimum absolute atomic E-state index is 0.282. The zero-order chi connectivity index (χ0) is 11.8. The van der Waals surface area contributed by atoms with E-state index in [1.54, 1.807) is 12.4 Å². The number of ether oxygens (including phenoxy) is 1. The summed E-state index contributed by atoms with van der Waals surface area (Å²) < 4.78 is 6.75. The molecular formula is C12H16BrN3O. The minimum Gasteiger partial charge on any atom is -0.460 e. The molecule has 1 unspecified atom stereocenters. The Labute approximate surface area is 110 Å². The third kappa shape index (κ3) is 2.31. The van der Waals surface area contributed by atoms with Gasteiger partial charge in [0.2, 0.25) is 0 Å². The molecule has 1 aromatic heterocycles. The van der Waals surface area contributed by atoms with Crippen LogP contribution in [0.1, 0.15) is 25.7 Å². The van der Waals surface area contributed by atoms with Gasteiger partial charge < -0.3 is 9.64 Å². The molecule has 0 amide bonds. The van der Waals surface area contributed by atoms with Crippen LogP contribution in [0, 0.1) is 0 Å². The lowest BCUT2D eigenvalue weighted by atomic mass is 10.0. The molecule has 0 radical (unpaired) electrons. The van der Waals surface area contributed by atoms with Crippen molar-refractivity contribution in [2.24, 2.45) is 0 Å². The zero-order valence-corrected chi connectivity index (χ0v) is 11.4.